The predicted octanol–water partition coefficient (Wildman–Crippen LogP) is 2.83. The summed E-state index contributed by atoms with van der Waals surface area (Å²) in [6, 6.07) is 6.14. The monoisotopic (exact) mass is 354 g/mol. The third-order valence-corrected chi connectivity index (χ3v) is 5.81. The number of allylic oxidation sites excluding steroid dienone is 3. The van der Waals surface area contributed by atoms with Crippen molar-refractivity contribution in [2.75, 3.05) is 13.1 Å². The maximum atomic E-state index is 13.4. The van der Waals surface area contributed by atoms with Crippen LogP contribution in [0.3, 0.4) is 0 Å². The Bertz CT molecular complexity index is 680. The number of hydrogen-bond donors (Lipinski definition) is 2. The first-order chi connectivity index (χ1) is 11.0. The number of nitrogens with two attached hydrogens (primary N) is 1. The number of primary amides is 1. The molecule has 122 valence electrons. The molecule has 0 saturated carbocycles. The van der Waals surface area contributed by atoms with Crippen LogP contribution in [0.15, 0.2) is 47.0 Å². The number of carbonyl (C=O) groups is 1. The van der Waals surface area contributed by atoms with Crippen molar-refractivity contribution in [3.63, 3.8) is 0 Å². The van der Waals surface area contributed by atoms with Gasteiger partial charge in [-0.15, -0.1) is 11.6 Å². The molecule has 1 aromatic carbocycles. The molecule has 0 radical (unpaired) electrons. The maximum absolute atomic E-state index is 13.4. The van der Waals surface area contributed by atoms with Crippen LogP contribution < -0.4 is 11.1 Å². The minimum Gasteiger partial charge on any atom is -0.366 e. The molecule has 1 amide bonds. The highest BCUT2D eigenvalue weighted by Crippen LogP contribution is 2.52. The van der Waals surface area contributed by atoms with Gasteiger partial charge < -0.3 is 11.1 Å². The van der Waals surface area contributed by atoms with Crippen molar-refractivity contribution in [1.29, 1.82) is 0 Å². The van der Waals surface area contributed by atoms with Crippen LogP contribution in [0.5, 0.6) is 0 Å². The van der Waals surface area contributed by atoms with E-state index in [1.807, 2.05) is 0 Å². The first kappa shape index (κ1) is 16.5. The van der Waals surface area contributed by atoms with Crippen LogP contribution >= 0.6 is 23.2 Å². The van der Waals surface area contributed by atoms with Gasteiger partial charge in [0.1, 0.15) is 5.82 Å². The summed E-state index contributed by atoms with van der Waals surface area (Å²) in [6.07, 6.45) is 4.12. The highest BCUT2D eigenvalue weighted by atomic mass is 35.5. The Morgan fingerprint density at radius 3 is 2.57 bits per heavy atom. The second-order valence-corrected chi connectivity index (χ2v) is 6.77. The molecule has 3 rings (SSSR count). The third-order valence-electron chi connectivity index (χ3n) is 4.79. The van der Waals surface area contributed by atoms with Gasteiger partial charge in [0.2, 0.25) is 5.91 Å². The predicted molar refractivity (Wildman–Crippen MR) is 89.9 cm³/mol. The summed E-state index contributed by atoms with van der Waals surface area (Å²) in [5.41, 5.74) is 5.81. The Balaban J connectivity index is 2.19. The van der Waals surface area contributed by atoms with Crippen molar-refractivity contribution in [3.05, 3.63) is 58.4 Å². The Morgan fingerprint density at radius 1 is 1.30 bits per heavy atom. The number of rotatable bonds is 3. The van der Waals surface area contributed by atoms with Gasteiger partial charge in [0.15, 0.2) is 0 Å². The smallest absolute Gasteiger partial charge is 0.246 e. The van der Waals surface area contributed by atoms with E-state index < -0.39 is 16.7 Å². The van der Waals surface area contributed by atoms with Gasteiger partial charge in [-0.1, -0.05) is 29.8 Å². The van der Waals surface area contributed by atoms with Gasteiger partial charge in [0.25, 0.3) is 0 Å². The molecule has 3 unspecified atom stereocenters. The Kier molecular flexibility index (Phi) is 4.50. The number of alkyl halides is 1. The lowest BCUT2D eigenvalue weighted by atomic mass is 9.63. The number of halogens is 3. The highest BCUT2D eigenvalue weighted by molar-refractivity contribution is 6.34. The van der Waals surface area contributed by atoms with Crippen molar-refractivity contribution in [2.45, 2.75) is 17.2 Å². The molecular weight excluding hydrogens is 338 g/mol. The van der Waals surface area contributed by atoms with Crippen LogP contribution in [0.2, 0.25) is 0 Å². The third kappa shape index (κ3) is 2.59. The minimum absolute atomic E-state index is 0.0854. The van der Waals surface area contributed by atoms with Crippen molar-refractivity contribution < 1.29 is 9.18 Å². The zero-order chi connectivity index (χ0) is 16.6. The van der Waals surface area contributed by atoms with Crippen LogP contribution in [0, 0.1) is 11.7 Å². The van der Waals surface area contributed by atoms with Gasteiger partial charge in [0, 0.05) is 10.6 Å². The molecule has 0 spiro atoms. The van der Waals surface area contributed by atoms with E-state index in [9.17, 15) is 9.18 Å². The summed E-state index contributed by atoms with van der Waals surface area (Å²) in [5, 5.41) is 3.15. The Labute approximate surface area is 144 Å². The van der Waals surface area contributed by atoms with Crippen LogP contribution in [0.1, 0.15) is 12.0 Å². The summed E-state index contributed by atoms with van der Waals surface area (Å²) in [5.74, 6) is -0.814. The Morgan fingerprint density at radius 2 is 2.00 bits per heavy atom. The van der Waals surface area contributed by atoms with Gasteiger partial charge in [0.05, 0.1) is 10.8 Å². The molecule has 23 heavy (non-hydrogen) atoms. The molecule has 1 aliphatic heterocycles. The van der Waals surface area contributed by atoms with E-state index in [0.29, 0.717) is 10.6 Å². The lowest BCUT2D eigenvalue weighted by Gasteiger charge is -2.45. The minimum atomic E-state index is -0.792. The largest absolute Gasteiger partial charge is 0.366 e. The zero-order valence-electron chi connectivity index (χ0n) is 12.4. The summed E-state index contributed by atoms with van der Waals surface area (Å²) < 4.78 is 13.4. The van der Waals surface area contributed by atoms with E-state index in [-0.39, 0.29) is 11.7 Å². The SMILES string of the molecule is NC(=O)C1=CC=C(Cl)C(c2ccc(F)cc2)(C2CCNC2)C1Cl. The molecule has 1 saturated heterocycles. The normalized spacial score (nSPS) is 30.7. The molecule has 3 N–H and O–H groups in total. The van der Waals surface area contributed by atoms with Gasteiger partial charge >= 0.3 is 0 Å². The second-order valence-electron chi connectivity index (χ2n) is 5.93. The van der Waals surface area contributed by atoms with Crippen molar-refractivity contribution >= 4 is 29.1 Å². The fourth-order valence-electron chi connectivity index (χ4n) is 3.65. The quantitative estimate of drug-likeness (QED) is 0.820. The molecule has 1 aromatic rings. The Hall–Kier alpha value is -1.36. The van der Waals surface area contributed by atoms with Crippen molar-refractivity contribution in [1.82, 2.24) is 5.32 Å². The van der Waals surface area contributed by atoms with Crippen LogP contribution in [-0.2, 0) is 10.2 Å². The number of amides is 1. The lowest BCUT2D eigenvalue weighted by molar-refractivity contribution is -0.114. The average Bonchev–Trinajstić information content (AvgIpc) is 3.03. The van der Waals surface area contributed by atoms with E-state index in [1.165, 1.54) is 12.1 Å². The zero-order valence-corrected chi connectivity index (χ0v) is 13.9. The maximum Gasteiger partial charge on any atom is 0.246 e. The number of nitrogens with one attached hydrogen (secondary N) is 1. The summed E-state index contributed by atoms with van der Waals surface area (Å²) in [6.45, 7) is 1.56. The molecule has 1 fully saturated rings. The van der Waals surface area contributed by atoms with E-state index in [1.54, 1.807) is 24.3 Å². The van der Waals surface area contributed by atoms with Gasteiger partial charge in [-0.05, 0) is 49.2 Å². The van der Waals surface area contributed by atoms with E-state index in [4.69, 9.17) is 28.9 Å². The molecule has 0 aromatic heterocycles. The first-order valence-electron chi connectivity index (χ1n) is 7.46. The van der Waals surface area contributed by atoms with E-state index in [2.05, 4.69) is 5.32 Å². The van der Waals surface area contributed by atoms with Crippen molar-refractivity contribution in [3.8, 4) is 0 Å². The molecular formula is C17H17Cl2FN2O. The van der Waals surface area contributed by atoms with Crippen LogP contribution in [0.25, 0.3) is 0 Å². The number of hydrogen-bond acceptors (Lipinski definition) is 2. The number of benzene rings is 1. The summed E-state index contributed by atoms with van der Waals surface area (Å²) in [4.78, 5) is 11.8. The lowest BCUT2D eigenvalue weighted by Crippen LogP contribution is -2.49. The number of carbonyl (C=O) groups excluding carboxylic acids is 1. The first-order valence-corrected chi connectivity index (χ1v) is 8.28. The summed E-state index contributed by atoms with van der Waals surface area (Å²) in [7, 11) is 0. The highest BCUT2D eigenvalue weighted by Gasteiger charge is 2.52. The molecule has 6 heteroatoms. The molecule has 1 aliphatic carbocycles. The fourth-order valence-corrected chi connectivity index (χ4v) is 4.74. The molecule has 1 heterocycles. The van der Waals surface area contributed by atoms with Crippen molar-refractivity contribution in [2.24, 2.45) is 11.7 Å². The topological polar surface area (TPSA) is 55.1 Å². The standard InChI is InChI=1S/C17H17Cl2FN2O/c18-14-6-5-13(16(21)23)15(19)17(14,11-7-8-22-9-11)10-1-3-12(20)4-2-10/h1-6,11,15,22H,7-9H2,(H2,21,23). The molecule has 3 nitrogen and oxygen atoms in total. The fraction of sp³-hybridized carbons (Fsp3) is 0.353. The summed E-state index contributed by atoms with van der Waals surface area (Å²) >= 11 is 13.4. The van der Waals surface area contributed by atoms with Gasteiger partial charge in [-0.25, -0.2) is 4.39 Å². The molecule has 0 bridgehead atoms. The van der Waals surface area contributed by atoms with Gasteiger partial charge in [-0.2, -0.15) is 0 Å². The second kappa shape index (κ2) is 6.27. The van der Waals surface area contributed by atoms with Crippen LogP contribution in [0.4, 0.5) is 4.39 Å². The molecule has 3 atom stereocenters. The average molecular weight is 355 g/mol. The van der Waals surface area contributed by atoms with Gasteiger partial charge in [-0.3, -0.25) is 4.79 Å². The van der Waals surface area contributed by atoms with Crippen LogP contribution in [-0.4, -0.2) is 24.4 Å². The van der Waals surface area contributed by atoms with E-state index >= 15 is 0 Å². The molecule has 2 aliphatic rings. The van der Waals surface area contributed by atoms with E-state index in [0.717, 1.165) is 25.1 Å².